The Morgan fingerprint density at radius 1 is 1.18 bits per heavy atom. The third-order valence-corrected chi connectivity index (χ3v) is 3.53. The molecule has 2 rings (SSSR count). The number of nitrogens with zero attached hydrogens (tertiary/aromatic N) is 1. The van der Waals surface area contributed by atoms with E-state index in [-0.39, 0.29) is 11.5 Å². The third-order valence-electron chi connectivity index (χ3n) is 3.53. The first-order chi connectivity index (χ1) is 10.6. The second-order valence-corrected chi connectivity index (χ2v) is 5.15. The third kappa shape index (κ3) is 4.07. The zero-order chi connectivity index (χ0) is 15.9. The number of likely N-dealkylation sites (N-methyl/N-ethyl adjacent to an activating group) is 1. The summed E-state index contributed by atoms with van der Waals surface area (Å²) < 4.78 is 13.5. The van der Waals surface area contributed by atoms with Crippen molar-refractivity contribution in [1.82, 2.24) is 5.32 Å². The molecular formula is C18H21FN2O. The number of hydrogen-bond acceptors (Lipinski definition) is 2. The van der Waals surface area contributed by atoms with E-state index in [1.807, 2.05) is 6.07 Å². The van der Waals surface area contributed by atoms with Crippen LogP contribution in [0, 0.1) is 12.7 Å². The van der Waals surface area contributed by atoms with Gasteiger partial charge in [0.05, 0.1) is 5.56 Å². The number of carbonyl (C=O) groups is 1. The van der Waals surface area contributed by atoms with Gasteiger partial charge in [-0.05, 0) is 43.7 Å². The van der Waals surface area contributed by atoms with E-state index in [4.69, 9.17) is 0 Å². The van der Waals surface area contributed by atoms with Gasteiger partial charge in [0.1, 0.15) is 5.82 Å². The lowest BCUT2D eigenvalue weighted by Gasteiger charge is -2.23. The number of halogens is 1. The van der Waals surface area contributed by atoms with Crippen molar-refractivity contribution in [1.29, 1.82) is 0 Å². The minimum atomic E-state index is -0.494. The molecule has 2 aromatic carbocycles. The molecule has 0 radical (unpaired) electrons. The van der Waals surface area contributed by atoms with Gasteiger partial charge < -0.3 is 10.2 Å². The van der Waals surface area contributed by atoms with E-state index in [9.17, 15) is 9.18 Å². The molecule has 0 aliphatic heterocycles. The van der Waals surface area contributed by atoms with E-state index < -0.39 is 5.82 Å². The van der Waals surface area contributed by atoms with Gasteiger partial charge in [0.25, 0.3) is 5.91 Å². The predicted octanol–water partition coefficient (Wildman–Crippen LogP) is 3.39. The highest BCUT2D eigenvalue weighted by Crippen LogP contribution is 2.15. The van der Waals surface area contributed by atoms with Gasteiger partial charge in [0.15, 0.2) is 0 Å². The van der Waals surface area contributed by atoms with Crippen LogP contribution in [-0.2, 0) is 0 Å². The molecule has 0 aromatic heterocycles. The molecule has 2 aromatic rings. The Kier molecular flexibility index (Phi) is 5.53. The summed E-state index contributed by atoms with van der Waals surface area (Å²) in [5.41, 5.74) is 2.41. The number of anilines is 1. The summed E-state index contributed by atoms with van der Waals surface area (Å²) in [4.78, 5) is 14.1. The molecule has 0 saturated carbocycles. The lowest BCUT2D eigenvalue weighted by atomic mass is 10.2. The maximum absolute atomic E-state index is 13.5. The first kappa shape index (κ1) is 16.0. The standard InChI is InChI=1S/C18H21FN2O/c1-3-21(15-8-6-7-14(2)13-15)12-11-20-18(22)16-9-4-5-10-17(16)19/h4-10,13H,3,11-12H2,1-2H3,(H,20,22). The van der Waals surface area contributed by atoms with Gasteiger partial charge in [0, 0.05) is 25.3 Å². The molecule has 116 valence electrons. The summed E-state index contributed by atoms with van der Waals surface area (Å²) >= 11 is 0. The Hall–Kier alpha value is -2.36. The molecule has 0 atom stereocenters. The number of benzene rings is 2. The number of rotatable bonds is 6. The van der Waals surface area contributed by atoms with Crippen LogP contribution in [0.2, 0.25) is 0 Å². The predicted molar refractivity (Wildman–Crippen MR) is 87.8 cm³/mol. The van der Waals surface area contributed by atoms with Crippen molar-refractivity contribution >= 4 is 11.6 Å². The second-order valence-electron chi connectivity index (χ2n) is 5.15. The van der Waals surface area contributed by atoms with Gasteiger partial charge in [-0.25, -0.2) is 4.39 Å². The monoisotopic (exact) mass is 300 g/mol. The number of amides is 1. The largest absolute Gasteiger partial charge is 0.370 e. The Balaban J connectivity index is 1.92. The lowest BCUT2D eigenvalue weighted by Crippen LogP contribution is -2.35. The number of hydrogen-bond donors (Lipinski definition) is 1. The van der Waals surface area contributed by atoms with Crippen LogP contribution < -0.4 is 10.2 Å². The summed E-state index contributed by atoms with van der Waals surface area (Å²) in [5.74, 6) is -0.871. The molecule has 0 fully saturated rings. The number of aryl methyl sites for hydroxylation is 1. The van der Waals surface area contributed by atoms with Gasteiger partial charge >= 0.3 is 0 Å². The van der Waals surface area contributed by atoms with Gasteiger partial charge in [-0.15, -0.1) is 0 Å². The highest BCUT2D eigenvalue weighted by molar-refractivity contribution is 5.94. The molecule has 0 spiro atoms. The number of nitrogens with one attached hydrogen (secondary N) is 1. The SMILES string of the molecule is CCN(CCNC(=O)c1ccccc1F)c1cccc(C)c1. The van der Waals surface area contributed by atoms with Crippen molar-refractivity contribution in [3.05, 3.63) is 65.5 Å². The summed E-state index contributed by atoms with van der Waals surface area (Å²) in [7, 11) is 0. The van der Waals surface area contributed by atoms with Gasteiger partial charge in [-0.1, -0.05) is 24.3 Å². The van der Waals surface area contributed by atoms with E-state index >= 15 is 0 Å². The maximum Gasteiger partial charge on any atom is 0.254 e. The van der Waals surface area contributed by atoms with E-state index in [0.717, 1.165) is 12.2 Å². The summed E-state index contributed by atoms with van der Waals surface area (Å²) in [6.07, 6.45) is 0. The highest BCUT2D eigenvalue weighted by Gasteiger charge is 2.11. The molecule has 4 heteroatoms. The second kappa shape index (κ2) is 7.59. The summed E-state index contributed by atoms with van der Waals surface area (Å²) in [5, 5.41) is 2.77. The minimum Gasteiger partial charge on any atom is -0.370 e. The quantitative estimate of drug-likeness (QED) is 0.887. The van der Waals surface area contributed by atoms with Crippen LogP contribution in [-0.4, -0.2) is 25.5 Å². The summed E-state index contributed by atoms with van der Waals surface area (Å²) in [6, 6.07) is 14.2. The van der Waals surface area contributed by atoms with Crippen LogP contribution in [0.5, 0.6) is 0 Å². The van der Waals surface area contributed by atoms with Crippen LogP contribution in [0.1, 0.15) is 22.8 Å². The lowest BCUT2D eigenvalue weighted by molar-refractivity contribution is 0.0950. The van der Waals surface area contributed by atoms with Crippen molar-refractivity contribution in [2.75, 3.05) is 24.5 Å². The maximum atomic E-state index is 13.5. The minimum absolute atomic E-state index is 0.0844. The fraction of sp³-hybridized carbons (Fsp3) is 0.278. The van der Waals surface area contributed by atoms with Crippen molar-refractivity contribution < 1.29 is 9.18 Å². The van der Waals surface area contributed by atoms with E-state index in [1.54, 1.807) is 12.1 Å². The van der Waals surface area contributed by atoms with Crippen LogP contribution in [0.3, 0.4) is 0 Å². The normalized spacial score (nSPS) is 10.3. The average Bonchev–Trinajstić information content (AvgIpc) is 2.52. The first-order valence-electron chi connectivity index (χ1n) is 7.46. The zero-order valence-electron chi connectivity index (χ0n) is 13.0. The fourth-order valence-corrected chi connectivity index (χ4v) is 2.34. The molecule has 0 saturated heterocycles. The molecule has 0 aliphatic rings. The van der Waals surface area contributed by atoms with Crippen molar-refractivity contribution in [3.8, 4) is 0 Å². The Bertz CT molecular complexity index is 642. The Morgan fingerprint density at radius 3 is 2.64 bits per heavy atom. The average molecular weight is 300 g/mol. The van der Waals surface area contributed by atoms with Crippen molar-refractivity contribution in [2.24, 2.45) is 0 Å². The first-order valence-corrected chi connectivity index (χ1v) is 7.46. The van der Waals surface area contributed by atoms with E-state index in [1.165, 1.54) is 17.7 Å². The smallest absolute Gasteiger partial charge is 0.254 e. The van der Waals surface area contributed by atoms with Crippen LogP contribution in [0.4, 0.5) is 10.1 Å². The van der Waals surface area contributed by atoms with Gasteiger partial charge in [0.2, 0.25) is 0 Å². The summed E-state index contributed by atoms with van der Waals surface area (Å²) in [6.45, 7) is 6.12. The van der Waals surface area contributed by atoms with Crippen LogP contribution in [0.25, 0.3) is 0 Å². The van der Waals surface area contributed by atoms with Gasteiger partial charge in [-0.2, -0.15) is 0 Å². The van der Waals surface area contributed by atoms with E-state index in [2.05, 4.69) is 42.3 Å². The van der Waals surface area contributed by atoms with Crippen LogP contribution in [0.15, 0.2) is 48.5 Å². The molecule has 3 nitrogen and oxygen atoms in total. The molecule has 1 amide bonds. The van der Waals surface area contributed by atoms with E-state index in [0.29, 0.717) is 13.1 Å². The molecule has 0 aliphatic carbocycles. The number of carbonyl (C=O) groups excluding carboxylic acids is 1. The molecule has 22 heavy (non-hydrogen) atoms. The molecular weight excluding hydrogens is 279 g/mol. The fourth-order valence-electron chi connectivity index (χ4n) is 2.34. The zero-order valence-corrected chi connectivity index (χ0v) is 13.0. The van der Waals surface area contributed by atoms with Gasteiger partial charge in [-0.3, -0.25) is 4.79 Å². The molecule has 0 bridgehead atoms. The topological polar surface area (TPSA) is 32.3 Å². The van der Waals surface area contributed by atoms with Crippen molar-refractivity contribution in [2.45, 2.75) is 13.8 Å². The molecule has 0 unspecified atom stereocenters. The highest BCUT2D eigenvalue weighted by atomic mass is 19.1. The Morgan fingerprint density at radius 2 is 1.95 bits per heavy atom. The van der Waals surface area contributed by atoms with Crippen molar-refractivity contribution in [3.63, 3.8) is 0 Å². The molecule has 1 N–H and O–H groups in total. The molecule has 0 heterocycles. The Labute approximate surface area is 130 Å². The van der Waals surface area contributed by atoms with Crippen LogP contribution >= 0.6 is 0 Å².